The van der Waals surface area contributed by atoms with Crippen LogP contribution in [0.3, 0.4) is 0 Å². The molecule has 19 heavy (non-hydrogen) atoms. The second-order valence-electron chi connectivity index (χ2n) is 3.25. The van der Waals surface area contributed by atoms with E-state index in [1.54, 1.807) is 12.1 Å². The second-order valence-corrected chi connectivity index (χ2v) is 4.17. The number of carbonyl (C=O) groups is 1. The number of aliphatic carboxylic acids is 1. The number of azide groups is 1. The SMILES string of the molecule is COc1cc(Br)cc(/C=C(\N=[N+]=[N-])C(=O)O)c1OC. The van der Waals surface area contributed by atoms with Gasteiger partial charge in [0.2, 0.25) is 0 Å². The minimum atomic E-state index is -1.33. The van der Waals surface area contributed by atoms with E-state index in [0.29, 0.717) is 21.5 Å². The number of benzene rings is 1. The lowest BCUT2D eigenvalue weighted by Crippen LogP contribution is -1.98. The fourth-order valence-corrected chi connectivity index (χ4v) is 1.85. The molecule has 0 bridgehead atoms. The molecule has 0 fully saturated rings. The lowest BCUT2D eigenvalue weighted by atomic mass is 10.1. The van der Waals surface area contributed by atoms with E-state index in [9.17, 15) is 4.79 Å². The Morgan fingerprint density at radius 1 is 1.47 bits per heavy atom. The van der Waals surface area contributed by atoms with Gasteiger partial charge in [-0.15, -0.1) is 0 Å². The zero-order chi connectivity index (χ0) is 14.4. The Morgan fingerprint density at radius 2 is 2.16 bits per heavy atom. The second kappa shape index (κ2) is 6.67. The van der Waals surface area contributed by atoms with Crippen molar-refractivity contribution in [1.82, 2.24) is 0 Å². The molecule has 0 aliphatic carbocycles. The molecule has 1 rings (SSSR count). The van der Waals surface area contributed by atoms with E-state index in [1.807, 2.05) is 0 Å². The average molecular weight is 328 g/mol. The highest BCUT2D eigenvalue weighted by Crippen LogP contribution is 2.35. The van der Waals surface area contributed by atoms with E-state index in [-0.39, 0.29) is 0 Å². The molecule has 0 saturated heterocycles. The molecular weight excluding hydrogens is 318 g/mol. The summed E-state index contributed by atoms with van der Waals surface area (Å²) in [6.07, 6.45) is 1.20. The van der Waals surface area contributed by atoms with Gasteiger partial charge in [0.05, 0.1) is 14.2 Å². The van der Waals surface area contributed by atoms with Crippen LogP contribution in [0.15, 0.2) is 27.4 Å². The topological polar surface area (TPSA) is 105 Å². The monoisotopic (exact) mass is 327 g/mol. The molecule has 7 nitrogen and oxygen atoms in total. The first kappa shape index (κ1) is 14.9. The summed E-state index contributed by atoms with van der Waals surface area (Å²) in [6.45, 7) is 0. The van der Waals surface area contributed by atoms with Crippen molar-refractivity contribution >= 4 is 28.0 Å². The number of ether oxygens (including phenoxy) is 2. The number of methoxy groups -OCH3 is 2. The number of nitrogens with zero attached hydrogens (tertiary/aromatic N) is 3. The van der Waals surface area contributed by atoms with E-state index in [2.05, 4.69) is 26.0 Å². The number of carboxylic acid groups (broad SMARTS) is 1. The third-order valence-corrected chi connectivity index (χ3v) is 2.59. The van der Waals surface area contributed by atoms with Crippen LogP contribution in [0.5, 0.6) is 11.5 Å². The van der Waals surface area contributed by atoms with Crippen molar-refractivity contribution < 1.29 is 19.4 Å². The predicted molar refractivity (Wildman–Crippen MR) is 72.0 cm³/mol. The molecule has 0 spiro atoms. The smallest absolute Gasteiger partial charge is 0.338 e. The molecule has 100 valence electrons. The summed E-state index contributed by atoms with van der Waals surface area (Å²) in [5, 5.41) is 12.0. The molecule has 0 unspecified atom stereocenters. The molecule has 0 atom stereocenters. The highest BCUT2D eigenvalue weighted by molar-refractivity contribution is 9.10. The maximum Gasteiger partial charge on any atom is 0.338 e. The Balaban J connectivity index is 3.48. The summed E-state index contributed by atoms with van der Waals surface area (Å²) in [5.41, 5.74) is 8.31. The first-order valence-corrected chi connectivity index (χ1v) is 5.74. The van der Waals surface area contributed by atoms with Crippen LogP contribution in [-0.4, -0.2) is 25.3 Å². The van der Waals surface area contributed by atoms with Crippen LogP contribution in [0.25, 0.3) is 16.5 Å². The molecule has 0 saturated carbocycles. The van der Waals surface area contributed by atoms with Crippen LogP contribution in [0, 0.1) is 0 Å². The number of hydrogen-bond donors (Lipinski definition) is 1. The standard InChI is InChI=1S/C11H10BrN3O4/c1-18-9-5-7(12)3-6(10(9)19-2)4-8(11(16)17)14-15-13/h3-5H,1-2H3,(H,16,17)/b8-4-. The third kappa shape index (κ3) is 3.64. The van der Waals surface area contributed by atoms with Gasteiger partial charge in [-0.3, -0.25) is 0 Å². The maximum atomic E-state index is 10.9. The van der Waals surface area contributed by atoms with Crippen molar-refractivity contribution in [1.29, 1.82) is 0 Å². The maximum absolute atomic E-state index is 10.9. The lowest BCUT2D eigenvalue weighted by molar-refractivity contribution is -0.132. The Bertz CT molecular complexity index is 576. The van der Waals surface area contributed by atoms with Gasteiger partial charge in [0.25, 0.3) is 0 Å². The Hall–Kier alpha value is -2.18. The Morgan fingerprint density at radius 3 is 2.63 bits per heavy atom. The Labute approximate surface area is 117 Å². The molecule has 0 heterocycles. The van der Waals surface area contributed by atoms with Crippen molar-refractivity contribution in [2.24, 2.45) is 5.11 Å². The van der Waals surface area contributed by atoms with E-state index < -0.39 is 11.7 Å². The van der Waals surface area contributed by atoms with E-state index in [0.717, 1.165) is 0 Å². The summed E-state index contributed by atoms with van der Waals surface area (Å²) < 4.78 is 11.0. The van der Waals surface area contributed by atoms with Gasteiger partial charge in [0.15, 0.2) is 11.5 Å². The van der Waals surface area contributed by atoms with Crippen LogP contribution in [0.1, 0.15) is 5.56 Å². The molecule has 1 aromatic carbocycles. The molecule has 0 aliphatic rings. The average Bonchev–Trinajstić information content (AvgIpc) is 2.37. The van der Waals surface area contributed by atoms with Gasteiger partial charge in [0.1, 0.15) is 5.70 Å². The number of rotatable bonds is 5. The zero-order valence-electron chi connectivity index (χ0n) is 10.1. The predicted octanol–water partition coefficient (Wildman–Crippen LogP) is 3.20. The van der Waals surface area contributed by atoms with Crippen LogP contribution < -0.4 is 9.47 Å². The molecule has 0 aromatic heterocycles. The lowest BCUT2D eigenvalue weighted by Gasteiger charge is -2.11. The van der Waals surface area contributed by atoms with Gasteiger partial charge in [-0.25, -0.2) is 4.79 Å². The fraction of sp³-hybridized carbons (Fsp3) is 0.182. The normalized spacial score (nSPS) is 10.6. The largest absolute Gasteiger partial charge is 0.493 e. The highest BCUT2D eigenvalue weighted by atomic mass is 79.9. The Kier molecular flexibility index (Phi) is 5.23. The molecule has 0 aliphatic heterocycles. The van der Waals surface area contributed by atoms with E-state index in [1.165, 1.54) is 20.3 Å². The molecule has 0 radical (unpaired) electrons. The van der Waals surface area contributed by atoms with Crippen molar-refractivity contribution in [2.75, 3.05) is 14.2 Å². The quantitative estimate of drug-likeness (QED) is 0.388. The van der Waals surface area contributed by atoms with Crippen LogP contribution >= 0.6 is 15.9 Å². The van der Waals surface area contributed by atoms with Gasteiger partial charge in [-0.1, -0.05) is 21.0 Å². The molecule has 0 amide bonds. The van der Waals surface area contributed by atoms with Gasteiger partial charge in [0, 0.05) is 14.9 Å². The molecule has 8 heteroatoms. The number of halogens is 1. The first-order chi connectivity index (χ1) is 9.03. The first-order valence-electron chi connectivity index (χ1n) is 4.95. The summed E-state index contributed by atoms with van der Waals surface area (Å²) >= 11 is 3.27. The van der Waals surface area contributed by atoms with E-state index in [4.69, 9.17) is 20.1 Å². The summed E-state index contributed by atoms with van der Waals surface area (Å²) in [4.78, 5) is 13.4. The van der Waals surface area contributed by atoms with Crippen molar-refractivity contribution in [3.63, 3.8) is 0 Å². The summed E-state index contributed by atoms with van der Waals surface area (Å²) in [6, 6.07) is 3.29. The molecule has 1 aromatic rings. The highest BCUT2D eigenvalue weighted by Gasteiger charge is 2.13. The fourth-order valence-electron chi connectivity index (χ4n) is 1.39. The van der Waals surface area contributed by atoms with Crippen molar-refractivity contribution in [2.45, 2.75) is 0 Å². The minimum absolute atomic E-state index is 0.345. The summed E-state index contributed by atoms with van der Waals surface area (Å²) in [7, 11) is 2.89. The summed E-state index contributed by atoms with van der Waals surface area (Å²) in [5.74, 6) is -0.565. The van der Waals surface area contributed by atoms with Crippen molar-refractivity contribution in [3.8, 4) is 11.5 Å². The van der Waals surface area contributed by atoms with Crippen LogP contribution in [-0.2, 0) is 4.79 Å². The molecular formula is C11H10BrN3O4. The van der Waals surface area contributed by atoms with E-state index >= 15 is 0 Å². The minimum Gasteiger partial charge on any atom is -0.493 e. The van der Waals surface area contributed by atoms with Crippen molar-refractivity contribution in [3.05, 3.63) is 38.3 Å². The van der Waals surface area contributed by atoms with Gasteiger partial charge in [-0.05, 0) is 23.7 Å². The number of carboxylic acids is 1. The number of hydrogen-bond acceptors (Lipinski definition) is 4. The van der Waals surface area contributed by atoms with Crippen LogP contribution in [0.2, 0.25) is 0 Å². The van der Waals surface area contributed by atoms with Crippen LogP contribution in [0.4, 0.5) is 0 Å². The van der Waals surface area contributed by atoms with Gasteiger partial charge >= 0.3 is 5.97 Å². The molecule has 1 N–H and O–H groups in total. The van der Waals surface area contributed by atoms with Gasteiger partial charge < -0.3 is 14.6 Å². The third-order valence-electron chi connectivity index (χ3n) is 2.14. The van der Waals surface area contributed by atoms with Gasteiger partial charge in [-0.2, -0.15) is 0 Å². The zero-order valence-corrected chi connectivity index (χ0v) is 11.7.